The quantitative estimate of drug-likeness (QED) is 0.856. The second-order valence-corrected chi connectivity index (χ2v) is 8.27. The van der Waals surface area contributed by atoms with Crippen molar-refractivity contribution in [3.8, 4) is 0 Å². The van der Waals surface area contributed by atoms with Crippen LogP contribution < -0.4 is 4.90 Å². The van der Waals surface area contributed by atoms with Crippen molar-refractivity contribution in [2.75, 3.05) is 10.7 Å². The van der Waals surface area contributed by atoms with Crippen LogP contribution in [-0.2, 0) is 14.6 Å². The lowest BCUT2D eigenvalue weighted by molar-refractivity contribution is -0.121. The van der Waals surface area contributed by atoms with E-state index in [4.69, 9.17) is 0 Å². The van der Waals surface area contributed by atoms with Gasteiger partial charge >= 0.3 is 0 Å². The molecule has 0 saturated carbocycles. The summed E-state index contributed by atoms with van der Waals surface area (Å²) in [6.07, 6.45) is 1.60. The Hall–Kier alpha value is -1.62. The summed E-state index contributed by atoms with van der Waals surface area (Å²) in [5.41, 5.74) is 1.94. The van der Waals surface area contributed by atoms with E-state index in [1.54, 1.807) is 11.0 Å². The molecule has 1 atom stereocenters. The van der Waals surface area contributed by atoms with E-state index >= 15 is 0 Å². The number of sulfone groups is 1. The molecule has 1 amide bonds. The molecule has 2 rings (SSSR count). The molecule has 0 radical (unpaired) electrons. The first-order valence-corrected chi connectivity index (χ1v) is 9.27. The molecule has 4 nitrogen and oxygen atoms in total. The number of carbonyl (C=O) groups excluding carboxylic acids is 1. The monoisotopic (exact) mass is 321 g/mol. The van der Waals surface area contributed by atoms with Crippen molar-refractivity contribution in [2.45, 2.75) is 39.7 Å². The maximum Gasteiger partial charge on any atom is 0.230 e. The minimum atomic E-state index is -3.20. The van der Waals surface area contributed by atoms with E-state index < -0.39 is 15.9 Å². The number of hydrogen-bond acceptors (Lipinski definition) is 3. The standard InChI is InChI=1S/C17H23NO3S/c1-12(2)14-5-7-15(8-6-14)18(17(19)13(3)4)16-9-10-22(20,21)11-16/h5-10,12-13,16H,11H2,1-4H3. The van der Waals surface area contributed by atoms with Gasteiger partial charge in [0.1, 0.15) is 0 Å². The van der Waals surface area contributed by atoms with Gasteiger partial charge in [0.15, 0.2) is 9.84 Å². The molecule has 0 bridgehead atoms. The molecule has 0 N–H and O–H groups in total. The van der Waals surface area contributed by atoms with Gasteiger partial charge in [-0.3, -0.25) is 4.79 Å². The van der Waals surface area contributed by atoms with Crippen LogP contribution in [0.15, 0.2) is 35.7 Å². The van der Waals surface area contributed by atoms with Gasteiger partial charge in [-0.25, -0.2) is 8.42 Å². The Morgan fingerprint density at radius 2 is 1.73 bits per heavy atom. The Kier molecular flexibility index (Phi) is 4.75. The molecule has 1 aromatic carbocycles. The highest BCUT2D eigenvalue weighted by Crippen LogP contribution is 2.26. The molecule has 1 aromatic rings. The SMILES string of the molecule is CC(C)C(=O)N(c1ccc(C(C)C)cc1)C1C=CS(=O)(=O)C1. The van der Waals surface area contributed by atoms with E-state index in [1.807, 2.05) is 38.1 Å². The molecule has 1 aliphatic heterocycles. The fourth-order valence-corrected chi connectivity index (χ4v) is 3.77. The highest BCUT2D eigenvalue weighted by atomic mass is 32.2. The Morgan fingerprint density at radius 3 is 2.14 bits per heavy atom. The Bertz CT molecular complexity index is 672. The second kappa shape index (κ2) is 6.24. The van der Waals surface area contributed by atoms with Gasteiger partial charge in [-0.05, 0) is 29.7 Å². The van der Waals surface area contributed by atoms with Crippen molar-refractivity contribution in [1.29, 1.82) is 0 Å². The minimum Gasteiger partial charge on any atom is -0.304 e. The van der Waals surface area contributed by atoms with Crippen LogP contribution in [0.5, 0.6) is 0 Å². The lowest BCUT2D eigenvalue weighted by atomic mass is 10.0. The van der Waals surface area contributed by atoms with Gasteiger partial charge in [-0.2, -0.15) is 0 Å². The first-order valence-electron chi connectivity index (χ1n) is 7.55. The molecule has 0 fully saturated rings. The van der Waals surface area contributed by atoms with Gasteiger partial charge < -0.3 is 4.90 Å². The highest BCUT2D eigenvalue weighted by Gasteiger charge is 2.32. The number of benzene rings is 1. The summed E-state index contributed by atoms with van der Waals surface area (Å²) in [5.74, 6) is 0.109. The summed E-state index contributed by atoms with van der Waals surface area (Å²) in [4.78, 5) is 14.2. The van der Waals surface area contributed by atoms with Crippen molar-refractivity contribution >= 4 is 21.4 Å². The van der Waals surface area contributed by atoms with Crippen LogP contribution in [0.1, 0.15) is 39.2 Å². The molecule has 22 heavy (non-hydrogen) atoms. The molecule has 0 spiro atoms. The predicted molar refractivity (Wildman–Crippen MR) is 89.6 cm³/mol. The summed E-state index contributed by atoms with van der Waals surface area (Å²) in [6.45, 7) is 7.87. The molecule has 0 aliphatic carbocycles. The van der Waals surface area contributed by atoms with Crippen LogP contribution in [0.2, 0.25) is 0 Å². The van der Waals surface area contributed by atoms with E-state index in [-0.39, 0.29) is 17.6 Å². The zero-order valence-electron chi connectivity index (χ0n) is 13.5. The molecule has 1 heterocycles. The normalized spacial score (nSPS) is 19.8. The summed E-state index contributed by atoms with van der Waals surface area (Å²) < 4.78 is 23.4. The molecule has 120 valence electrons. The summed E-state index contributed by atoms with van der Waals surface area (Å²) in [6, 6.07) is 7.36. The predicted octanol–water partition coefficient (Wildman–Crippen LogP) is 3.11. The third-order valence-corrected chi connectivity index (χ3v) is 5.19. The van der Waals surface area contributed by atoms with E-state index in [0.717, 1.165) is 5.69 Å². The van der Waals surface area contributed by atoms with E-state index in [9.17, 15) is 13.2 Å². The van der Waals surface area contributed by atoms with Crippen molar-refractivity contribution in [2.24, 2.45) is 5.92 Å². The van der Waals surface area contributed by atoms with Crippen LogP contribution in [0.25, 0.3) is 0 Å². The lowest BCUT2D eigenvalue weighted by Gasteiger charge is -2.29. The number of nitrogens with zero attached hydrogens (tertiary/aromatic N) is 1. The van der Waals surface area contributed by atoms with Crippen LogP contribution in [0.3, 0.4) is 0 Å². The Balaban J connectivity index is 2.37. The average molecular weight is 321 g/mol. The first kappa shape index (κ1) is 16.7. The van der Waals surface area contributed by atoms with Crippen molar-refractivity contribution in [3.63, 3.8) is 0 Å². The lowest BCUT2D eigenvalue weighted by Crippen LogP contribution is -2.43. The molecule has 5 heteroatoms. The number of carbonyl (C=O) groups is 1. The number of anilines is 1. The minimum absolute atomic E-state index is 0.0443. The number of hydrogen-bond donors (Lipinski definition) is 0. The third-order valence-electron chi connectivity index (χ3n) is 3.81. The van der Waals surface area contributed by atoms with Gasteiger partial charge in [-0.15, -0.1) is 0 Å². The molecule has 0 saturated heterocycles. The number of amides is 1. The van der Waals surface area contributed by atoms with Gasteiger partial charge in [-0.1, -0.05) is 39.8 Å². The van der Waals surface area contributed by atoms with Gasteiger partial charge in [0.05, 0.1) is 11.8 Å². The molecule has 1 unspecified atom stereocenters. The van der Waals surface area contributed by atoms with Crippen LogP contribution >= 0.6 is 0 Å². The van der Waals surface area contributed by atoms with Crippen molar-refractivity contribution < 1.29 is 13.2 Å². The average Bonchev–Trinajstić information content (AvgIpc) is 2.79. The van der Waals surface area contributed by atoms with Gasteiger partial charge in [0.2, 0.25) is 5.91 Å². The van der Waals surface area contributed by atoms with Crippen molar-refractivity contribution in [3.05, 3.63) is 41.3 Å². The Labute approximate surface area is 132 Å². The maximum atomic E-state index is 12.6. The molecule has 1 aliphatic rings. The second-order valence-electron chi connectivity index (χ2n) is 6.33. The van der Waals surface area contributed by atoms with E-state index in [1.165, 1.54) is 11.0 Å². The van der Waals surface area contributed by atoms with Crippen LogP contribution in [0.4, 0.5) is 5.69 Å². The largest absolute Gasteiger partial charge is 0.304 e. The van der Waals surface area contributed by atoms with Gasteiger partial charge in [0, 0.05) is 17.0 Å². The molecular formula is C17H23NO3S. The smallest absolute Gasteiger partial charge is 0.230 e. The number of rotatable bonds is 4. The molecular weight excluding hydrogens is 298 g/mol. The maximum absolute atomic E-state index is 12.6. The topological polar surface area (TPSA) is 54.5 Å². The highest BCUT2D eigenvalue weighted by molar-refractivity contribution is 7.94. The van der Waals surface area contributed by atoms with Crippen LogP contribution in [-0.4, -0.2) is 26.1 Å². The summed E-state index contributed by atoms with van der Waals surface area (Å²) in [7, 11) is -3.20. The zero-order chi connectivity index (χ0) is 16.5. The third kappa shape index (κ3) is 3.58. The van der Waals surface area contributed by atoms with Gasteiger partial charge in [0.25, 0.3) is 0 Å². The Morgan fingerprint density at radius 1 is 1.14 bits per heavy atom. The van der Waals surface area contributed by atoms with E-state index in [2.05, 4.69) is 13.8 Å². The first-order chi connectivity index (χ1) is 10.2. The zero-order valence-corrected chi connectivity index (χ0v) is 14.3. The molecule has 0 aromatic heterocycles. The summed E-state index contributed by atoms with van der Waals surface area (Å²) >= 11 is 0. The fraction of sp³-hybridized carbons (Fsp3) is 0.471. The van der Waals surface area contributed by atoms with Crippen molar-refractivity contribution in [1.82, 2.24) is 0 Å². The van der Waals surface area contributed by atoms with Crippen LogP contribution in [0, 0.1) is 5.92 Å². The van der Waals surface area contributed by atoms with E-state index in [0.29, 0.717) is 5.92 Å². The summed E-state index contributed by atoms with van der Waals surface area (Å²) in [5, 5.41) is 1.21. The fourth-order valence-electron chi connectivity index (χ4n) is 2.50.